The Balaban J connectivity index is 2.16. The predicted octanol–water partition coefficient (Wildman–Crippen LogP) is 2.67. The van der Waals surface area contributed by atoms with Gasteiger partial charge in [0.2, 0.25) is 0 Å². The van der Waals surface area contributed by atoms with E-state index in [0.29, 0.717) is 32.2 Å². The molecule has 2 rings (SSSR count). The van der Waals surface area contributed by atoms with Crippen molar-refractivity contribution in [1.82, 2.24) is 10.2 Å². The summed E-state index contributed by atoms with van der Waals surface area (Å²) in [5, 5.41) is 3.24. The summed E-state index contributed by atoms with van der Waals surface area (Å²) in [4.78, 5) is 14.4. The van der Waals surface area contributed by atoms with E-state index in [1.165, 1.54) is 0 Å². The number of benzene rings is 1. The third-order valence-corrected chi connectivity index (χ3v) is 4.00. The fourth-order valence-electron chi connectivity index (χ4n) is 2.72. The Labute approximate surface area is 156 Å². The Morgan fingerprint density at radius 1 is 1.35 bits per heavy atom. The van der Waals surface area contributed by atoms with E-state index in [-0.39, 0.29) is 6.09 Å². The maximum absolute atomic E-state index is 12.7. The number of hydrogen-bond donors (Lipinski definition) is 2. The van der Waals surface area contributed by atoms with Gasteiger partial charge in [-0.2, -0.15) is 0 Å². The average molecular weight is 361 g/mol. The molecule has 1 saturated heterocycles. The van der Waals surface area contributed by atoms with E-state index in [9.17, 15) is 4.79 Å². The molecule has 0 aliphatic carbocycles. The molecular formula is C20H31N3O3. The number of nitrogens with one attached hydrogen (secondary N) is 1. The highest BCUT2D eigenvalue weighted by Crippen LogP contribution is 2.21. The van der Waals surface area contributed by atoms with Gasteiger partial charge in [-0.05, 0) is 44.0 Å². The Bertz CT molecular complexity index is 621. The van der Waals surface area contributed by atoms with Gasteiger partial charge in [-0.25, -0.2) is 4.79 Å². The van der Waals surface area contributed by atoms with E-state index >= 15 is 0 Å². The van der Waals surface area contributed by atoms with Crippen LogP contribution in [0.4, 0.5) is 4.79 Å². The molecular weight excluding hydrogens is 330 g/mol. The molecule has 0 atom stereocenters. The smallest absolute Gasteiger partial charge is 0.410 e. The lowest BCUT2D eigenvalue weighted by Crippen LogP contribution is -2.50. The zero-order valence-electron chi connectivity index (χ0n) is 16.1. The standard InChI is InChI=1S/C20H31N3O3/c1-5-6-25-18-8-15(10-21)7-16(9-18)13-23(14-17-11-22-12-17)19(24)26-20(2,3)4/h5,7-9,17,22H,1,6,10-14,21H2,2-4H3. The van der Waals surface area contributed by atoms with Crippen LogP contribution in [-0.2, 0) is 17.8 Å². The van der Waals surface area contributed by atoms with Gasteiger partial charge in [0.1, 0.15) is 18.0 Å². The number of nitrogens with zero attached hydrogens (tertiary/aromatic N) is 1. The van der Waals surface area contributed by atoms with Crippen molar-refractivity contribution in [3.63, 3.8) is 0 Å². The molecule has 1 aromatic rings. The number of carbonyl (C=O) groups is 1. The first-order chi connectivity index (χ1) is 12.3. The molecule has 6 nitrogen and oxygen atoms in total. The van der Waals surface area contributed by atoms with Crippen molar-refractivity contribution in [3.05, 3.63) is 42.0 Å². The third kappa shape index (κ3) is 6.35. The molecule has 1 amide bonds. The topological polar surface area (TPSA) is 76.8 Å². The average Bonchev–Trinajstić information content (AvgIpc) is 2.53. The van der Waals surface area contributed by atoms with E-state index in [1.54, 1.807) is 11.0 Å². The van der Waals surface area contributed by atoms with Crippen molar-refractivity contribution in [1.29, 1.82) is 0 Å². The number of rotatable bonds is 8. The Hall–Kier alpha value is -2.05. The van der Waals surface area contributed by atoms with Crippen LogP contribution < -0.4 is 15.8 Å². The lowest BCUT2D eigenvalue weighted by molar-refractivity contribution is 0.0184. The second-order valence-corrected chi connectivity index (χ2v) is 7.67. The number of ether oxygens (including phenoxy) is 2. The zero-order chi connectivity index (χ0) is 19.2. The minimum absolute atomic E-state index is 0.295. The Morgan fingerprint density at radius 2 is 2.04 bits per heavy atom. The molecule has 1 heterocycles. The molecule has 1 aromatic carbocycles. The van der Waals surface area contributed by atoms with Crippen LogP contribution in [0.2, 0.25) is 0 Å². The quantitative estimate of drug-likeness (QED) is 0.696. The fourth-order valence-corrected chi connectivity index (χ4v) is 2.72. The van der Waals surface area contributed by atoms with Crippen molar-refractivity contribution in [3.8, 4) is 5.75 Å². The zero-order valence-corrected chi connectivity index (χ0v) is 16.1. The van der Waals surface area contributed by atoms with Crippen LogP contribution in [0.25, 0.3) is 0 Å². The molecule has 0 unspecified atom stereocenters. The largest absolute Gasteiger partial charge is 0.490 e. The maximum Gasteiger partial charge on any atom is 0.410 e. The van der Waals surface area contributed by atoms with Crippen LogP contribution in [0.3, 0.4) is 0 Å². The van der Waals surface area contributed by atoms with Crippen LogP contribution in [0.1, 0.15) is 31.9 Å². The lowest BCUT2D eigenvalue weighted by atomic mass is 10.0. The predicted molar refractivity (Wildman–Crippen MR) is 103 cm³/mol. The van der Waals surface area contributed by atoms with Crippen LogP contribution in [0.15, 0.2) is 30.9 Å². The summed E-state index contributed by atoms with van der Waals surface area (Å²) in [7, 11) is 0. The minimum atomic E-state index is -0.523. The second-order valence-electron chi connectivity index (χ2n) is 7.67. The molecule has 26 heavy (non-hydrogen) atoms. The molecule has 1 aliphatic heterocycles. The second kappa shape index (κ2) is 9.05. The molecule has 0 saturated carbocycles. The van der Waals surface area contributed by atoms with E-state index in [4.69, 9.17) is 15.2 Å². The Morgan fingerprint density at radius 3 is 2.58 bits per heavy atom. The number of amides is 1. The van der Waals surface area contributed by atoms with Gasteiger partial charge in [0, 0.05) is 38.6 Å². The summed E-state index contributed by atoms with van der Waals surface area (Å²) >= 11 is 0. The van der Waals surface area contributed by atoms with E-state index in [2.05, 4.69) is 11.9 Å². The van der Waals surface area contributed by atoms with Crippen molar-refractivity contribution in [2.24, 2.45) is 11.7 Å². The minimum Gasteiger partial charge on any atom is -0.490 e. The van der Waals surface area contributed by atoms with Gasteiger partial charge in [0.15, 0.2) is 0 Å². The fraction of sp³-hybridized carbons (Fsp3) is 0.550. The monoisotopic (exact) mass is 361 g/mol. The van der Waals surface area contributed by atoms with Crippen molar-refractivity contribution < 1.29 is 14.3 Å². The summed E-state index contributed by atoms with van der Waals surface area (Å²) < 4.78 is 11.2. The van der Waals surface area contributed by atoms with E-state index < -0.39 is 5.60 Å². The molecule has 0 spiro atoms. The Kier molecular flexibility index (Phi) is 7.06. The van der Waals surface area contributed by atoms with Crippen LogP contribution in [0, 0.1) is 5.92 Å². The van der Waals surface area contributed by atoms with Crippen molar-refractivity contribution >= 4 is 6.09 Å². The van der Waals surface area contributed by atoms with Crippen LogP contribution in [0.5, 0.6) is 5.75 Å². The molecule has 1 fully saturated rings. The summed E-state index contributed by atoms with van der Waals surface area (Å²) in [5.41, 5.74) is 7.23. The first kappa shape index (κ1) is 20.3. The summed E-state index contributed by atoms with van der Waals surface area (Å²) in [6.45, 7) is 13.1. The lowest BCUT2D eigenvalue weighted by Gasteiger charge is -2.34. The van der Waals surface area contributed by atoms with Crippen molar-refractivity contribution in [2.75, 3.05) is 26.2 Å². The first-order valence-corrected chi connectivity index (χ1v) is 9.06. The molecule has 0 bridgehead atoms. The summed E-state index contributed by atoms with van der Waals surface area (Å²) in [6.07, 6.45) is 1.40. The summed E-state index contributed by atoms with van der Waals surface area (Å²) in [6, 6.07) is 5.87. The van der Waals surface area contributed by atoms with Crippen LogP contribution in [-0.4, -0.2) is 42.8 Å². The summed E-state index contributed by atoms with van der Waals surface area (Å²) in [5.74, 6) is 1.19. The van der Waals surface area contributed by atoms with Gasteiger partial charge in [-0.3, -0.25) is 0 Å². The van der Waals surface area contributed by atoms with E-state index in [1.807, 2.05) is 39.0 Å². The third-order valence-electron chi connectivity index (χ3n) is 4.00. The van der Waals surface area contributed by atoms with Gasteiger partial charge in [0.25, 0.3) is 0 Å². The van der Waals surface area contributed by atoms with Gasteiger partial charge in [-0.15, -0.1) is 0 Å². The van der Waals surface area contributed by atoms with Gasteiger partial charge >= 0.3 is 6.09 Å². The van der Waals surface area contributed by atoms with Gasteiger partial charge < -0.3 is 25.4 Å². The molecule has 3 N–H and O–H groups in total. The number of nitrogens with two attached hydrogens (primary N) is 1. The number of carbonyl (C=O) groups excluding carboxylic acids is 1. The molecule has 6 heteroatoms. The SMILES string of the molecule is C=CCOc1cc(CN)cc(CN(CC2CNC2)C(=O)OC(C)(C)C)c1. The normalized spacial score (nSPS) is 14.5. The maximum atomic E-state index is 12.7. The first-order valence-electron chi connectivity index (χ1n) is 9.06. The van der Waals surface area contributed by atoms with E-state index in [0.717, 1.165) is 30.0 Å². The van der Waals surface area contributed by atoms with Crippen LogP contribution >= 0.6 is 0 Å². The highest BCUT2D eigenvalue weighted by atomic mass is 16.6. The van der Waals surface area contributed by atoms with Gasteiger partial charge in [0.05, 0.1) is 0 Å². The molecule has 1 aliphatic rings. The molecule has 0 aromatic heterocycles. The molecule has 0 radical (unpaired) electrons. The molecule has 144 valence electrons. The highest BCUT2D eigenvalue weighted by Gasteiger charge is 2.27. The van der Waals surface area contributed by atoms with Gasteiger partial charge in [-0.1, -0.05) is 18.7 Å². The highest BCUT2D eigenvalue weighted by molar-refractivity contribution is 5.68. The number of hydrogen-bond acceptors (Lipinski definition) is 5. The van der Waals surface area contributed by atoms with Crippen molar-refractivity contribution in [2.45, 2.75) is 39.5 Å².